The van der Waals surface area contributed by atoms with Gasteiger partial charge < -0.3 is 5.11 Å². The molecule has 0 fully saturated rings. The van der Waals surface area contributed by atoms with Crippen LogP contribution in [0.5, 0.6) is 0 Å². The largest absolute Gasteiger partial charge is 0.477 e. The Labute approximate surface area is 135 Å². The first-order valence-electron chi connectivity index (χ1n) is 5.90. The van der Waals surface area contributed by atoms with E-state index >= 15 is 0 Å². The molecule has 5 nitrogen and oxygen atoms in total. The third-order valence-electron chi connectivity index (χ3n) is 2.74. The van der Waals surface area contributed by atoms with Crippen molar-refractivity contribution in [1.29, 1.82) is 0 Å². The summed E-state index contributed by atoms with van der Waals surface area (Å²) in [6.07, 6.45) is 0. The second kappa shape index (κ2) is 6.45. The van der Waals surface area contributed by atoms with E-state index in [2.05, 4.69) is 0 Å². The maximum atomic E-state index is 12.5. The van der Waals surface area contributed by atoms with Crippen LogP contribution in [0.15, 0.2) is 28.5 Å². The second-order valence-corrected chi connectivity index (χ2v) is 8.74. The SMILES string of the molecule is CCN(Cc1ccc(Cl)s1)S(=O)(=O)c1csc(C(=O)O)c1. The minimum atomic E-state index is -3.71. The highest BCUT2D eigenvalue weighted by Gasteiger charge is 2.26. The smallest absolute Gasteiger partial charge is 0.345 e. The molecule has 0 saturated carbocycles. The summed E-state index contributed by atoms with van der Waals surface area (Å²) >= 11 is 8.06. The first-order valence-corrected chi connectivity index (χ1v) is 9.42. The van der Waals surface area contributed by atoms with Gasteiger partial charge in [-0.25, -0.2) is 13.2 Å². The van der Waals surface area contributed by atoms with Gasteiger partial charge in [-0.1, -0.05) is 18.5 Å². The van der Waals surface area contributed by atoms with Gasteiger partial charge in [0.2, 0.25) is 10.0 Å². The zero-order valence-corrected chi connectivity index (χ0v) is 14.2. The lowest BCUT2D eigenvalue weighted by atomic mass is 10.4. The first-order chi connectivity index (χ1) is 9.84. The molecule has 0 bridgehead atoms. The maximum Gasteiger partial charge on any atom is 0.345 e. The van der Waals surface area contributed by atoms with Gasteiger partial charge in [0.1, 0.15) is 4.88 Å². The highest BCUT2D eigenvalue weighted by molar-refractivity contribution is 7.89. The highest BCUT2D eigenvalue weighted by Crippen LogP contribution is 2.27. The zero-order chi connectivity index (χ0) is 15.6. The third-order valence-corrected chi connectivity index (χ3v) is 6.92. The molecule has 2 rings (SSSR count). The van der Waals surface area contributed by atoms with Gasteiger partial charge in [-0.05, 0) is 18.2 Å². The van der Waals surface area contributed by atoms with E-state index in [9.17, 15) is 13.2 Å². The Morgan fingerprint density at radius 3 is 2.62 bits per heavy atom. The lowest BCUT2D eigenvalue weighted by Gasteiger charge is -2.18. The lowest BCUT2D eigenvalue weighted by Crippen LogP contribution is -2.29. The van der Waals surface area contributed by atoms with Crippen molar-refractivity contribution in [3.63, 3.8) is 0 Å². The molecule has 1 N–H and O–H groups in total. The number of aromatic carboxylic acids is 1. The molecule has 0 aliphatic carbocycles. The van der Waals surface area contributed by atoms with Crippen LogP contribution in [0.25, 0.3) is 0 Å². The molecule has 0 saturated heterocycles. The number of nitrogens with zero attached hydrogens (tertiary/aromatic N) is 1. The summed E-state index contributed by atoms with van der Waals surface area (Å²) in [6, 6.07) is 4.68. The quantitative estimate of drug-likeness (QED) is 0.851. The molecular formula is C12H12ClNO4S3. The molecule has 0 aromatic carbocycles. The van der Waals surface area contributed by atoms with Gasteiger partial charge in [0, 0.05) is 23.3 Å². The van der Waals surface area contributed by atoms with Crippen LogP contribution in [0, 0.1) is 0 Å². The molecule has 0 unspecified atom stereocenters. The number of sulfonamides is 1. The van der Waals surface area contributed by atoms with Crippen LogP contribution in [0.4, 0.5) is 0 Å². The van der Waals surface area contributed by atoms with Gasteiger partial charge in [-0.2, -0.15) is 4.31 Å². The van der Waals surface area contributed by atoms with Crippen molar-refractivity contribution < 1.29 is 18.3 Å². The van der Waals surface area contributed by atoms with E-state index in [0.717, 1.165) is 16.2 Å². The molecule has 0 spiro atoms. The van der Waals surface area contributed by atoms with Crippen LogP contribution < -0.4 is 0 Å². The van der Waals surface area contributed by atoms with Crippen molar-refractivity contribution in [3.05, 3.63) is 37.7 Å². The van der Waals surface area contributed by atoms with E-state index in [-0.39, 0.29) is 22.9 Å². The fraction of sp³-hybridized carbons (Fsp3) is 0.250. The third kappa shape index (κ3) is 3.64. The summed E-state index contributed by atoms with van der Waals surface area (Å²) in [7, 11) is -3.71. The van der Waals surface area contributed by atoms with Crippen LogP contribution in [0.2, 0.25) is 4.34 Å². The van der Waals surface area contributed by atoms with Gasteiger partial charge in [0.15, 0.2) is 0 Å². The van der Waals surface area contributed by atoms with E-state index in [0.29, 0.717) is 4.34 Å². The van der Waals surface area contributed by atoms with Gasteiger partial charge in [0.25, 0.3) is 0 Å². The topological polar surface area (TPSA) is 74.7 Å². The van der Waals surface area contributed by atoms with E-state index in [4.69, 9.17) is 16.7 Å². The highest BCUT2D eigenvalue weighted by atomic mass is 35.5. The fourth-order valence-corrected chi connectivity index (χ4v) is 5.40. The standard InChI is InChI=1S/C12H12ClNO4S3/c1-2-14(6-8-3-4-11(13)20-8)21(17,18)9-5-10(12(15)16)19-7-9/h3-5,7H,2,6H2,1H3,(H,15,16). The average molecular weight is 366 g/mol. The number of halogens is 1. The molecular weight excluding hydrogens is 354 g/mol. The summed E-state index contributed by atoms with van der Waals surface area (Å²) in [5, 5.41) is 10.2. The number of carboxylic acids is 1. The van der Waals surface area contributed by atoms with E-state index in [1.54, 1.807) is 19.1 Å². The van der Waals surface area contributed by atoms with E-state index < -0.39 is 16.0 Å². The minimum Gasteiger partial charge on any atom is -0.477 e. The summed E-state index contributed by atoms with van der Waals surface area (Å²) in [4.78, 5) is 11.7. The Morgan fingerprint density at radius 1 is 1.43 bits per heavy atom. The van der Waals surface area contributed by atoms with E-state index in [1.807, 2.05) is 0 Å². The van der Waals surface area contributed by atoms with Crippen LogP contribution in [0.3, 0.4) is 0 Å². The first kappa shape index (κ1) is 16.4. The van der Waals surface area contributed by atoms with Gasteiger partial charge >= 0.3 is 5.97 Å². The van der Waals surface area contributed by atoms with Crippen LogP contribution >= 0.6 is 34.3 Å². The number of thiophene rings is 2. The predicted octanol–water partition coefficient (Wildman–Crippen LogP) is 3.37. The molecule has 0 radical (unpaired) electrons. The Bertz CT molecular complexity index is 750. The molecule has 0 amide bonds. The van der Waals surface area contributed by atoms with Crippen molar-refractivity contribution in [2.45, 2.75) is 18.4 Å². The zero-order valence-electron chi connectivity index (χ0n) is 10.9. The Hall–Kier alpha value is -0.930. The van der Waals surface area contributed by atoms with Crippen LogP contribution in [-0.2, 0) is 16.6 Å². The molecule has 2 aromatic rings. The molecule has 0 atom stereocenters. The molecule has 9 heteroatoms. The molecule has 21 heavy (non-hydrogen) atoms. The maximum absolute atomic E-state index is 12.5. The second-order valence-electron chi connectivity index (χ2n) is 4.09. The van der Waals surface area contributed by atoms with Gasteiger partial charge in [0.05, 0.1) is 9.23 Å². The molecule has 2 heterocycles. The Morgan fingerprint density at radius 2 is 2.14 bits per heavy atom. The van der Waals surface area contributed by atoms with Gasteiger partial charge in [-0.15, -0.1) is 22.7 Å². The minimum absolute atomic E-state index is 0.00351. The Kier molecular flexibility index (Phi) is 5.05. The number of hydrogen-bond donors (Lipinski definition) is 1. The Balaban J connectivity index is 2.28. The van der Waals surface area contributed by atoms with Crippen molar-refractivity contribution in [2.24, 2.45) is 0 Å². The molecule has 0 aliphatic rings. The molecule has 2 aromatic heterocycles. The average Bonchev–Trinajstić information content (AvgIpc) is 3.04. The predicted molar refractivity (Wildman–Crippen MR) is 83.9 cm³/mol. The number of hydrogen-bond acceptors (Lipinski definition) is 5. The van der Waals surface area contributed by atoms with Crippen molar-refractivity contribution in [2.75, 3.05) is 6.54 Å². The fourth-order valence-electron chi connectivity index (χ4n) is 1.69. The van der Waals surface area contributed by atoms with E-state index in [1.165, 1.54) is 27.1 Å². The van der Waals surface area contributed by atoms with Crippen LogP contribution in [-0.4, -0.2) is 30.3 Å². The summed E-state index contributed by atoms with van der Waals surface area (Å²) < 4.78 is 26.9. The summed E-state index contributed by atoms with van der Waals surface area (Å²) in [5.41, 5.74) is 0. The van der Waals surface area contributed by atoms with Crippen molar-refractivity contribution in [3.8, 4) is 0 Å². The summed E-state index contributed by atoms with van der Waals surface area (Å²) in [6.45, 7) is 2.24. The number of carboxylic acid groups (broad SMARTS) is 1. The van der Waals surface area contributed by atoms with Gasteiger partial charge in [-0.3, -0.25) is 0 Å². The monoisotopic (exact) mass is 365 g/mol. The number of rotatable bonds is 6. The summed E-state index contributed by atoms with van der Waals surface area (Å²) in [5.74, 6) is -1.13. The van der Waals surface area contributed by atoms with Crippen LogP contribution in [0.1, 0.15) is 21.5 Å². The normalized spacial score (nSPS) is 12.0. The van der Waals surface area contributed by atoms with Crippen molar-refractivity contribution >= 4 is 50.3 Å². The number of carbonyl (C=O) groups is 1. The lowest BCUT2D eigenvalue weighted by molar-refractivity contribution is 0.0702. The van der Waals surface area contributed by atoms with Crippen molar-refractivity contribution in [1.82, 2.24) is 4.31 Å². The molecule has 114 valence electrons. The molecule has 0 aliphatic heterocycles.